The second-order valence-electron chi connectivity index (χ2n) is 5.63. The maximum atomic E-state index is 12.5. The monoisotopic (exact) mass is 577 g/mol. The van der Waals surface area contributed by atoms with Crippen LogP contribution in [0.4, 0.5) is 0 Å². The van der Waals surface area contributed by atoms with E-state index in [1.807, 2.05) is 0 Å². The van der Waals surface area contributed by atoms with E-state index in [0.29, 0.717) is 23.6 Å². The molecule has 1 N–H and O–H groups in total. The van der Waals surface area contributed by atoms with Gasteiger partial charge in [0, 0.05) is 35.1 Å². The van der Waals surface area contributed by atoms with Crippen LogP contribution in [0, 0.1) is 11.8 Å². The fourth-order valence-corrected chi connectivity index (χ4v) is 5.55. The Kier molecular flexibility index (Phi) is 11.2. The Morgan fingerprint density at radius 2 is 1.57 bits per heavy atom. The van der Waals surface area contributed by atoms with Crippen molar-refractivity contribution in [3.63, 3.8) is 0 Å². The van der Waals surface area contributed by atoms with Crippen molar-refractivity contribution in [2.45, 2.75) is 20.3 Å². The van der Waals surface area contributed by atoms with Crippen LogP contribution in [0.2, 0.25) is 0 Å². The second kappa shape index (κ2) is 12.0. The molecule has 1 aromatic rings. The molecule has 0 aliphatic heterocycles. The van der Waals surface area contributed by atoms with Gasteiger partial charge in [-0.15, -0.1) is 0 Å². The highest BCUT2D eigenvalue weighted by Crippen LogP contribution is 2.25. The Labute approximate surface area is 171 Å². The summed E-state index contributed by atoms with van der Waals surface area (Å²) in [6, 6.07) is 7.01. The predicted molar refractivity (Wildman–Crippen MR) is 119 cm³/mol. The van der Waals surface area contributed by atoms with Crippen molar-refractivity contribution >= 4 is 72.0 Å². The molecule has 0 aromatic heterocycles. The molecule has 128 valence electrons. The van der Waals surface area contributed by atoms with Gasteiger partial charge in [0.1, 0.15) is 0 Å². The zero-order chi connectivity index (χ0) is 17.2. The van der Waals surface area contributed by atoms with Crippen LogP contribution in [0.3, 0.4) is 0 Å². The smallest absolute Gasteiger partial charge is 0.251 e. The molecule has 0 atom stereocenters. The van der Waals surface area contributed by atoms with E-state index in [1.165, 1.54) is 0 Å². The van der Waals surface area contributed by atoms with Gasteiger partial charge in [-0.05, 0) is 66.9 Å². The number of nitrogens with one attached hydrogen (secondary N) is 1. The third-order valence-corrected chi connectivity index (χ3v) is 6.55. The van der Waals surface area contributed by atoms with Gasteiger partial charge in [-0.2, -0.15) is 0 Å². The zero-order valence-corrected chi connectivity index (χ0v) is 19.1. The number of rotatable bonds is 10. The van der Waals surface area contributed by atoms with E-state index in [-0.39, 0.29) is 17.6 Å². The van der Waals surface area contributed by atoms with E-state index < -0.39 is 0 Å². The van der Waals surface area contributed by atoms with Crippen LogP contribution in [-0.4, -0.2) is 29.7 Å². The molecule has 0 spiro atoms. The summed E-state index contributed by atoms with van der Waals surface area (Å²) in [4.78, 5) is 24.6. The van der Waals surface area contributed by atoms with Crippen molar-refractivity contribution in [2.24, 2.45) is 11.8 Å². The van der Waals surface area contributed by atoms with Crippen LogP contribution in [0.15, 0.2) is 24.3 Å². The van der Waals surface area contributed by atoms with E-state index in [0.717, 1.165) is 17.9 Å². The van der Waals surface area contributed by atoms with Crippen molar-refractivity contribution in [1.82, 2.24) is 5.32 Å². The summed E-state index contributed by atoms with van der Waals surface area (Å²) >= 11 is 4.45. The summed E-state index contributed by atoms with van der Waals surface area (Å²) < 4.78 is 0. The molecule has 0 aliphatic rings. The maximum Gasteiger partial charge on any atom is 0.251 e. The van der Waals surface area contributed by atoms with Crippen molar-refractivity contribution in [3.05, 3.63) is 35.4 Å². The largest absolute Gasteiger partial charge is 0.352 e. The lowest BCUT2D eigenvalue weighted by molar-refractivity contribution is 0.0936. The van der Waals surface area contributed by atoms with E-state index in [2.05, 4.69) is 61.6 Å². The zero-order valence-electron chi connectivity index (χ0n) is 13.2. The third kappa shape index (κ3) is 7.96. The highest BCUT2D eigenvalue weighted by Gasteiger charge is 2.20. The van der Waals surface area contributed by atoms with Gasteiger partial charge in [-0.25, -0.2) is 0 Å². The number of halogens is 2. The summed E-state index contributed by atoms with van der Waals surface area (Å²) in [5, 5.41) is 2.91. The minimum absolute atomic E-state index is 0.0181. The Morgan fingerprint density at radius 3 is 2.04 bits per heavy atom. The second-order valence-corrected chi connectivity index (χ2v) is 10.5. The van der Waals surface area contributed by atoms with Gasteiger partial charge in [-0.3, -0.25) is 9.59 Å². The van der Waals surface area contributed by atoms with Crippen molar-refractivity contribution in [3.8, 4) is 0 Å². The SMILES string of the molecule is CC(C)CCNC(=O)c1ccc(C(=O)C(CSI)CSI)cc1. The molecule has 0 radical (unpaired) electrons. The predicted octanol–water partition coefficient (Wildman–Crippen LogP) is 5.43. The standard InChI is InChI=1S/C16H21I2NO2S2/c1-11(2)7-8-19-16(21)13-5-3-12(4-6-13)15(20)14(9-22-17)10-23-18/h3-6,11,14H,7-10H2,1-2H3,(H,19,21). The minimum Gasteiger partial charge on any atom is -0.352 e. The number of amides is 1. The Balaban J connectivity index is 2.67. The number of hydrogen-bond acceptors (Lipinski definition) is 4. The molecule has 0 fully saturated rings. The molecule has 0 heterocycles. The van der Waals surface area contributed by atoms with Crippen LogP contribution in [0.25, 0.3) is 0 Å². The highest BCUT2D eigenvalue weighted by atomic mass is 127. The average molecular weight is 577 g/mol. The van der Waals surface area contributed by atoms with E-state index in [9.17, 15) is 9.59 Å². The number of ketones is 1. The van der Waals surface area contributed by atoms with Gasteiger partial charge in [0.15, 0.2) is 5.78 Å². The fourth-order valence-electron chi connectivity index (χ4n) is 1.95. The van der Waals surface area contributed by atoms with Crippen LogP contribution in [-0.2, 0) is 0 Å². The van der Waals surface area contributed by atoms with Crippen molar-refractivity contribution < 1.29 is 9.59 Å². The first kappa shape index (κ1) is 21.6. The lowest BCUT2D eigenvalue weighted by Gasteiger charge is -2.13. The van der Waals surface area contributed by atoms with Gasteiger partial charge < -0.3 is 5.32 Å². The van der Waals surface area contributed by atoms with E-state index in [1.54, 1.807) is 42.1 Å². The van der Waals surface area contributed by atoms with E-state index in [4.69, 9.17) is 0 Å². The lowest BCUT2D eigenvalue weighted by Crippen LogP contribution is -2.25. The molecular formula is C16H21I2NO2S2. The Bertz CT molecular complexity index is 503. The molecule has 3 nitrogen and oxygen atoms in total. The molecule has 7 heteroatoms. The molecule has 23 heavy (non-hydrogen) atoms. The van der Waals surface area contributed by atoms with Gasteiger partial charge >= 0.3 is 0 Å². The van der Waals surface area contributed by atoms with E-state index >= 15 is 0 Å². The number of benzene rings is 1. The lowest BCUT2D eigenvalue weighted by atomic mass is 9.99. The summed E-state index contributed by atoms with van der Waals surface area (Å²) in [5.74, 6) is 2.29. The molecule has 0 saturated heterocycles. The average Bonchev–Trinajstić information content (AvgIpc) is 2.53. The highest BCUT2D eigenvalue weighted by molar-refractivity contribution is 14.2. The quantitative estimate of drug-likeness (QED) is 0.298. The summed E-state index contributed by atoms with van der Waals surface area (Å²) in [6.45, 7) is 4.94. The topological polar surface area (TPSA) is 46.2 Å². The normalized spacial score (nSPS) is 11.0. The summed E-state index contributed by atoms with van der Waals surface area (Å²) in [5.41, 5.74) is 1.29. The third-order valence-electron chi connectivity index (χ3n) is 3.34. The number of Topliss-reactive ketones (excluding diaryl/α,β-unsaturated/α-hetero) is 1. The van der Waals surface area contributed by atoms with Crippen LogP contribution < -0.4 is 5.32 Å². The molecule has 0 saturated carbocycles. The number of carbonyl (C=O) groups excluding carboxylic acids is 2. The fraction of sp³-hybridized carbons (Fsp3) is 0.500. The van der Waals surface area contributed by atoms with Gasteiger partial charge in [0.05, 0.1) is 0 Å². The maximum absolute atomic E-state index is 12.5. The summed E-state index contributed by atoms with van der Waals surface area (Å²) in [7, 11) is 3.32. The van der Waals surface area contributed by atoms with Gasteiger partial charge in [-0.1, -0.05) is 43.8 Å². The molecule has 1 rings (SSSR count). The number of hydrogen-bond donors (Lipinski definition) is 1. The first-order chi connectivity index (χ1) is 11.0. The first-order valence-electron chi connectivity index (χ1n) is 7.39. The molecule has 1 amide bonds. The van der Waals surface area contributed by atoms with Crippen molar-refractivity contribution in [1.29, 1.82) is 0 Å². The Morgan fingerprint density at radius 1 is 1.04 bits per heavy atom. The first-order valence-corrected chi connectivity index (χ1v) is 14.4. The van der Waals surface area contributed by atoms with Crippen LogP contribution in [0.5, 0.6) is 0 Å². The van der Waals surface area contributed by atoms with Crippen LogP contribution >= 0.6 is 60.3 Å². The van der Waals surface area contributed by atoms with Crippen LogP contribution in [0.1, 0.15) is 41.0 Å². The Hall–Kier alpha value is 0.520. The summed E-state index contributed by atoms with van der Waals surface area (Å²) in [6.07, 6.45) is 0.964. The molecule has 0 aliphatic carbocycles. The minimum atomic E-state index is -0.0770. The van der Waals surface area contributed by atoms with Gasteiger partial charge in [0.2, 0.25) is 0 Å². The number of carbonyl (C=O) groups is 2. The van der Waals surface area contributed by atoms with Crippen molar-refractivity contribution in [2.75, 3.05) is 18.1 Å². The molecule has 1 aromatic carbocycles. The van der Waals surface area contributed by atoms with Gasteiger partial charge in [0.25, 0.3) is 5.91 Å². The molecule has 0 unspecified atom stereocenters. The molecule has 0 bridgehead atoms. The molecular weight excluding hydrogens is 556 g/mol.